The molecule has 8 heteroatoms. The van der Waals surface area contributed by atoms with Crippen molar-refractivity contribution in [1.82, 2.24) is 9.97 Å². The van der Waals surface area contributed by atoms with E-state index in [0.717, 1.165) is 43.9 Å². The van der Waals surface area contributed by atoms with E-state index in [1.54, 1.807) is 12.3 Å². The van der Waals surface area contributed by atoms with Gasteiger partial charge in [-0.1, -0.05) is 25.4 Å². The molecule has 0 aliphatic rings. The van der Waals surface area contributed by atoms with Crippen LogP contribution in [-0.4, -0.2) is 23.1 Å². The SMILES string of the molecule is CCCN(CCC)c1ccnc(Nc2cc(C(F)(F)F)ccc2Cl)n1. The predicted molar refractivity (Wildman–Crippen MR) is 94.6 cm³/mol. The number of aromatic nitrogens is 2. The molecule has 0 fully saturated rings. The molecule has 2 rings (SSSR count). The number of anilines is 3. The molecule has 0 radical (unpaired) electrons. The van der Waals surface area contributed by atoms with Gasteiger partial charge in [-0.2, -0.15) is 18.2 Å². The maximum absolute atomic E-state index is 12.9. The molecule has 1 N–H and O–H groups in total. The van der Waals surface area contributed by atoms with E-state index >= 15 is 0 Å². The normalized spacial score (nSPS) is 11.4. The Morgan fingerprint density at radius 1 is 1.12 bits per heavy atom. The molecule has 4 nitrogen and oxygen atoms in total. The minimum Gasteiger partial charge on any atom is -0.356 e. The molecule has 0 bridgehead atoms. The van der Waals surface area contributed by atoms with Gasteiger partial charge in [0.2, 0.25) is 5.95 Å². The average Bonchev–Trinajstić information content (AvgIpc) is 2.56. The molecule has 0 aliphatic carbocycles. The minimum absolute atomic E-state index is 0.117. The summed E-state index contributed by atoms with van der Waals surface area (Å²) in [6.45, 7) is 5.83. The van der Waals surface area contributed by atoms with E-state index in [4.69, 9.17) is 11.6 Å². The van der Waals surface area contributed by atoms with Crippen LogP contribution in [0.15, 0.2) is 30.5 Å². The Balaban J connectivity index is 2.27. The van der Waals surface area contributed by atoms with Gasteiger partial charge in [-0.05, 0) is 37.1 Å². The Hall–Kier alpha value is -2.02. The zero-order valence-electron chi connectivity index (χ0n) is 14.1. The highest BCUT2D eigenvalue weighted by Crippen LogP contribution is 2.34. The Kier molecular flexibility index (Phi) is 6.47. The van der Waals surface area contributed by atoms with Crippen LogP contribution in [0.5, 0.6) is 0 Å². The molecular formula is C17H20ClF3N4. The molecule has 0 atom stereocenters. The molecule has 0 saturated carbocycles. The van der Waals surface area contributed by atoms with Gasteiger partial charge in [0.05, 0.1) is 16.3 Å². The summed E-state index contributed by atoms with van der Waals surface area (Å²) in [5, 5.41) is 2.95. The Morgan fingerprint density at radius 3 is 2.40 bits per heavy atom. The maximum atomic E-state index is 12.9. The average molecular weight is 373 g/mol. The van der Waals surface area contributed by atoms with Gasteiger partial charge in [-0.15, -0.1) is 0 Å². The predicted octanol–water partition coefficient (Wildman–Crippen LogP) is 5.52. The lowest BCUT2D eigenvalue weighted by Crippen LogP contribution is -2.26. The quantitative estimate of drug-likeness (QED) is 0.694. The van der Waals surface area contributed by atoms with Crippen molar-refractivity contribution >= 4 is 29.1 Å². The molecule has 136 valence electrons. The monoisotopic (exact) mass is 372 g/mol. The van der Waals surface area contributed by atoms with Crippen molar-refractivity contribution in [2.45, 2.75) is 32.9 Å². The summed E-state index contributed by atoms with van der Waals surface area (Å²) in [7, 11) is 0. The van der Waals surface area contributed by atoms with Crippen molar-refractivity contribution in [2.75, 3.05) is 23.3 Å². The third kappa shape index (κ3) is 5.22. The number of benzene rings is 1. The fraction of sp³-hybridized carbons (Fsp3) is 0.412. The highest BCUT2D eigenvalue weighted by Gasteiger charge is 2.31. The second-order valence-electron chi connectivity index (χ2n) is 5.54. The second kappa shape index (κ2) is 8.38. The molecule has 2 aromatic rings. The Morgan fingerprint density at radius 2 is 1.80 bits per heavy atom. The molecule has 0 amide bonds. The van der Waals surface area contributed by atoms with Crippen LogP contribution in [0, 0.1) is 0 Å². The molecule has 1 aromatic heterocycles. The van der Waals surface area contributed by atoms with E-state index in [-0.39, 0.29) is 16.7 Å². The standard InChI is InChI=1S/C17H20ClF3N4/c1-3-9-25(10-4-2)15-7-8-22-16(24-15)23-14-11-12(17(19,20)21)5-6-13(14)18/h5-8,11H,3-4,9-10H2,1-2H3,(H,22,23,24). The lowest BCUT2D eigenvalue weighted by molar-refractivity contribution is -0.137. The Labute approximate surface area is 150 Å². The van der Waals surface area contributed by atoms with E-state index in [9.17, 15) is 13.2 Å². The van der Waals surface area contributed by atoms with Crippen molar-refractivity contribution in [3.05, 3.63) is 41.0 Å². The van der Waals surface area contributed by atoms with E-state index in [2.05, 4.69) is 34.0 Å². The van der Waals surface area contributed by atoms with Gasteiger partial charge < -0.3 is 10.2 Å². The Bertz CT molecular complexity index is 701. The number of nitrogens with one attached hydrogen (secondary N) is 1. The zero-order chi connectivity index (χ0) is 18.4. The third-order valence-corrected chi connectivity index (χ3v) is 3.82. The first kappa shape index (κ1) is 19.3. The molecule has 0 aliphatic heterocycles. The van der Waals surface area contributed by atoms with Gasteiger partial charge in [0.25, 0.3) is 0 Å². The fourth-order valence-corrected chi connectivity index (χ4v) is 2.55. The van der Waals surface area contributed by atoms with Crippen molar-refractivity contribution < 1.29 is 13.2 Å². The van der Waals surface area contributed by atoms with E-state index < -0.39 is 11.7 Å². The van der Waals surface area contributed by atoms with Gasteiger partial charge in [-0.3, -0.25) is 0 Å². The molecular weight excluding hydrogens is 353 g/mol. The van der Waals surface area contributed by atoms with Crippen LogP contribution in [0.3, 0.4) is 0 Å². The summed E-state index contributed by atoms with van der Waals surface area (Å²) in [6.07, 6.45) is -0.939. The first-order chi connectivity index (χ1) is 11.8. The number of rotatable bonds is 7. The molecule has 1 heterocycles. The molecule has 25 heavy (non-hydrogen) atoms. The van der Waals surface area contributed by atoms with Crippen LogP contribution < -0.4 is 10.2 Å². The molecule has 0 spiro atoms. The van der Waals surface area contributed by atoms with Crippen LogP contribution in [0.4, 0.5) is 30.6 Å². The van der Waals surface area contributed by atoms with Crippen molar-refractivity contribution in [2.24, 2.45) is 0 Å². The third-order valence-electron chi connectivity index (χ3n) is 3.49. The van der Waals surface area contributed by atoms with Gasteiger partial charge in [0, 0.05) is 19.3 Å². The fourth-order valence-electron chi connectivity index (χ4n) is 2.38. The van der Waals surface area contributed by atoms with Gasteiger partial charge in [0.15, 0.2) is 0 Å². The van der Waals surface area contributed by atoms with Crippen LogP contribution in [0.25, 0.3) is 0 Å². The molecule has 0 saturated heterocycles. The lowest BCUT2D eigenvalue weighted by atomic mass is 10.2. The topological polar surface area (TPSA) is 41.1 Å². The van der Waals surface area contributed by atoms with Crippen LogP contribution in [0.1, 0.15) is 32.3 Å². The largest absolute Gasteiger partial charge is 0.416 e. The summed E-state index contributed by atoms with van der Waals surface area (Å²) >= 11 is 6.00. The van der Waals surface area contributed by atoms with E-state index in [1.165, 1.54) is 6.07 Å². The zero-order valence-corrected chi connectivity index (χ0v) is 14.8. The summed E-state index contributed by atoms with van der Waals surface area (Å²) in [5.74, 6) is 0.931. The minimum atomic E-state index is -4.44. The first-order valence-electron chi connectivity index (χ1n) is 8.07. The van der Waals surface area contributed by atoms with Gasteiger partial charge in [0.1, 0.15) is 5.82 Å². The van der Waals surface area contributed by atoms with Crippen molar-refractivity contribution in [3.63, 3.8) is 0 Å². The first-order valence-corrected chi connectivity index (χ1v) is 8.44. The van der Waals surface area contributed by atoms with Crippen LogP contribution in [0.2, 0.25) is 5.02 Å². The lowest BCUT2D eigenvalue weighted by Gasteiger charge is -2.22. The van der Waals surface area contributed by atoms with E-state index in [0.29, 0.717) is 0 Å². The van der Waals surface area contributed by atoms with Crippen LogP contribution in [-0.2, 0) is 6.18 Å². The van der Waals surface area contributed by atoms with Gasteiger partial charge in [-0.25, -0.2) is 4.98 Å². The second-order valence-corrected chi connectivity index (χ2v) is 5.95. The summed E-state index contributed by atoms with van der Waals surface area (Å²) in [6, 6.07) is 4.88. The summed E-state index contributed by atoms with van der Waals surface area (Å²) < 4.78 is 38.6. The molecule has 0 unspecified atom stereocenters. The number of hydrogen-bond donors (Lipinski definition) is 1. The van der Waals surface area contributed by atoms with Gasteiger partial charge >= 0.3 is 6.18 Å². The summed E-state index contributed by atoms with van der Waals surface area (Å²) in [5.41, 5.74) is -0.666. The number of hydrogen-bond acceptors (Lipinski definition) is 4. The number of alkyl halides is 3. The number of halogens is 4. The maximum Gasteiger partial charge on any atom is 0.416 e. The highest BCUT2D eigenvalue weighted by molar-refractivity contribution is 6.33. The molecule has 1 aromatic carbocycles. The number of nitrogens with zero attached hydrogens (tertiary/aromatic N) is 3. The highest BCUT2D eigenvalue weighted by atomic mass is 35.5. The van der Waals surface area contributed by atoms with Crippen molar-refractivity contribution in [3.8, 4) is 0 Å². The van der Waals surface area contributed by atoms with E-state index in [1.807, 2.05) is 0 Å². The van der Waals surface area contributed by atoms with Crippen molar-refractivity contribution in [1.29, 1.82) is 0 Å². The van der Waals surface area contributed by atoms with Crippen LogP contribution >= 0.6 is 11.6 Å². The smallest absolute Gasteiger partial charge is 0.356 e. The summed E-state index contributed by atoms with van der Waals surface area (Å²) in [4.78, 5) is 10.6.